The van der Waals surface area contributed by atoms with Crippen LogP contribution in [0.2, 0.25) is 0 Å². The summed E-state index contributed by atoms with van der Waals surface area (Å²) in [6, 6.07) is 8.73. The second-order valence-corrected chi connectivity index (χ2v) is 6.75. The zero-order valence-electron chi connectivity index (χ0n) is 16.1. The van der Waals surface area contributed by atoms with Gasteiger partial charge in [0.1, 0.15) is 25.3 Å². The van der Waals surface area contributed by atoms with Gasteiger partial charge in [0, 0.05) is 23.5 Å². The first-order valence-electron chi connectivity index (χ1n) is 9.18. The van der Waals surface area contributed by atoms with Crippen LogP contribution in [0, 0.1) is 0 Å². The predicted molar refractivity (Wildman–Crippen MR) is 107 cm³/mol. The number of hydrogen-bond donors (Lipinski definition) is 3. The van der Waals surface area contributed by atoms with Gasteiger partial charge < -0.3 is 25.3 Å². The van der Waals surface area contributed by atoms with Crippen molar-refractivity contribution in [1.82, 2.24) is 15.2 Å². The van der Waals surface area contributed by atoms with E-state index in [-0.39, 0.29) is 17.7 Å². The Labute approximate surface area is 167 Å². The van der Waals surface area contributed by atoms with Gasteiger partial charge in [-0.25, -0.2) is 4.98 Å². The van der Waals surface area contributed by atoms with Gasteiger partial charge in [0.05, 0.1) is 17.4 Å². The molecule has 0 amide bonds. The Morgan fingerprint density at radius 3 is 2.72 bits per heavy atom. The SMILES string of the molecule is CC(C)Oc1cc(N)cc(C(=O)c2ncn[nH]2)c1Nc1ccc2c(c1)OCCO2. The van der Waals surface area contributed by atoms with Crippen molar-refractivity contribution in [3.8, 4) is 17.2 Å². The van der Waals surface area contributed by atoms with Crippen LogP contribution in [0.1, 0.15) is 30.0 Å². The number of fused-ring (bicyclic) bond motifs is 1. The quantitative estimate of drug-likeness (QED) is 0.430. The number of nitrogens with two attached hydrogens (primary N) is 1. The number of nitrogen functional groups attached to an aromatic ring is 1. The molecule has 2 aromatic carbocycles. The van der Waals surface area contributed by atoms with E-state index in [0.29, 0.717) is 53.1 Å². The average molecular weight is 395 g/mol. The Bertz CT molecular complexity index is 1030. The maximum Gasteiger partial charge on any atom is 0.232 e. The number of hydrogen-bond acceptors (Lipinski definition) is 8. The minimum absolute atomic E-state index is 0.108. The highest BCUT2D eigenvalue weighted by Gasteiger charge is 2.22. The fraction of sp³-hybridized carbons (Fsp3) is 0.250. The molecule has 1 aliphatic heterocycles. The van der Waals surface area contributed by atoms with Crippen LogP contribution in [-0.4, -0.2) is 40.3 Å². The number of aromatic nitrogens is 3. The van der Waals surface area contributed by atoms with E-state index in [1.54, 1.807) is 12.1 Å². The lowest BCUT2D eigenvalue weighted by Crippen LogP contribution is -2.15. The number of nitrogens with zero attached hydrogens (tertiary/aromatic N) is 2. The first-order chi connectivity index (χ1) is 14.0. The maximum absolute atomic E-state index is 13.0. The molecule has 0 fully saturated rings. The van der Waals surface area contributed by atoms with Crippen molar-refractivity contribution < 1.29 is 19.0 Å². The van der Waals surface area contributed by atoms with Crippen LogP contribution in [0.15, 0.2) is 36.7 Å². The molecule has 0 spiro atoms. The van der Waals surface area contributed by atoms with Gasteiger partial charge in [0.15, 0.2) is 17.3 Å². The summed E-state index contributed by atoms with van der Waals surface area (Å²) in [5.74, 6) is 1.51. The lowest BCUT2D eigenvalue weighted by Gasteiger charge is -2.21. The number of nitrogens with one attached hydrogen (secondary N) is 2. The molecule has 4 N–H and O–H groups in total. The van der Waals surface area contributed by atoms with E-state index in [1.807, 2.05) is 32.0 Å². The minimum Gasteiger partial charge on any atom is -0.489 e. The summed E-state index contributed by atoms with van der Waals surface area (Å²) in [5.41, 5.74) is 7.93. The Kier molecular flexibility index (Phi) is 4.94. The normalized spacial score (nSPS) is 12.7. The molecule has 0 unspecified atom stereocenters. The molecule has 0 bridgehead atoms. The number of anilines is 3. The highest BCUT2D eigenvalue weighted by atomic mass is 16.6. The molecule has 150 valence electrons. The number of aromatic amines is 1. The van der Waals surface area contributed by atoms with Crippen molar-refractivity contribution in [3.63, 3.8) is 0 Å². The van der Waals surface area contributed by atoms with E-state index < -0.39 is 0 Å². The highest BCUT2D eigenvalue weighted by molar-refractivity contribution is 6.12. The van der Waals surface area contributed by atoms with Crippen molar-refractivity contribution in [1.29, 1.82) is 0 Å². The van der Waals surface area contributed by atoms with E-state index >= 15 is 0 Å². The second kappa shape index (κ2) is 7.70. The van der Waals surface area contributed by atoms with E-state index in [9.17, 15) is 4.79 Å². The third kappa shape index (κ3) is 3.93. The predicted octanol–water partition coefficient (Wildman–Crippen LogP) is 2.92. The lowest BCUT2D eigenvalue weighted by molar-refractivity contribution is 0.103. The standard InChI is InChI=1S/C20H21N5O4/c1-11(2)29-17-8-12(21)7-14(19(26)20-22-10-23-25-20)18(17)24-13-3-4-15-16(9-13)28-6-5-27-15/h3-4,7-11,24H,5-6,21H2,1-2H3,(H,22,23,25). The molecule has 0 atom stereocenters. The number of ketones is 1. The van der Waals surface area contributed by atoms with Crippen molar-refractivity contribution in [2.45, 2.75) is 20.0 Å². The molecular formula is C20H21N5O4. The summed E-state index contributed by atoms with van der Waals surface area (Å²) in [5, 5.41) is 9.61. The largest absolute Gasteiger partial charge is 0.489 e. The van der Waals surface area contributed by atoms with Crippen LogP contribution in [0.4, 0.5) is 17.1 Å². The third-order valence-corrected chi connectivity index (χ3v) is 4.17. The van der Waals surface area contributed by atoms with E-state index in [1.165, 1.54) is 6.33 Å². The van der Waals surface area contributed by atoms with E-state index in [0.717, 1.165) is 0 Å². The van der Waals surface area contributed by atoms with Gasteiger partial charge in [-0.15, -0.1) is 0 Å². The van der Waals surface area contributed by atoms with Gasteiger partial charge >= 0.3 is 0 Å². The third-order valence-electron chi connectivity index (χ3n) is 4.17. The number of carbonyl (C=O) groups is 1. The zero-order chi connectivity index (χ0) is 20.4. The van der Waals surface area contributed by atoms with E-state index in [4.69, 9.17) is 19.9 Å². The average Bonchev–Trinajstić information content (AvgIpc) is 3.23. The Morgan fingerprint density at radius 2 is 2.00 bits per heavy atom. The molecule has 0 saturated heterocycles. The summed E-state index contributed by atoms with van der Waals surface area (Å²) < 4.78 is 17.1. The molecule has 1 aliphatic rings. The molecule has 3 aromatic rings. The molecule has 4 rings (SSSR count). The molecule has 9 nitrogen and oxygen atoms in total. The topological polar surface area (TPSA) is 124 Å². The van der Waals surface area contributed by atoms with Crippen molar-refractivity contribution in [3.05, 3.63) is 48.0 Å². The molecule has 0 radical (unpaired) electrons. The van der Waals surface area contributed by atoms with Crippen molar-refractivity contribution >= 4 is 22.8 Å². The molecule has 1 aromatic heterocycles. The fourth-order valence-corrected chi connectivity index (χ4v) is 3.00. The van der Waals surface area contributed by atoms with Crippen LogP contribution < -0.4 is 25.3 Å². The first-order valence-corrected chi connectivity index (χ1v) is 9.18. The number of ether oxygens (including phenoxy) is 3. The van der Waals surface area contributed by atoms with Crippen LogP contribution in [0.5, 0.6) is 17.2 Å². The molecule has 0 aliphatic carbocycles. The summed E-state index contributed by atoms with van der Waals surface area (Å²) in [6.07, 6.45) is 1.16. The number of H-pyrrole nitrogens is 1. The van der Waals surface area contributed by atoms with Crippen LogP contribution in [-0.2, 0) is 0 Å². The monoisotopic (exact) mass is 395 g/mol. The summed E-state index contributed by atoms with van der Waals surface area (Å²) in [7, 11) is 0. The van der Waals surface area contributed by atoms with E-state index in [2.05, 4.69) is 20.5 Å². The Morgan fingerprint density at radius 1 is 1.21 bits per heavy atom. The molecule has 2 heterocycles. The molecule has 9 heteroatoms. The summed E-state index contributed by atoms with van der Waals surface area (Å²) >= 11 is 0. The maximum atomic E-state index is 13.0. The zero-order valence-corrected chi connectivity index (χ0v) is 16.1. The van der Waals surface area contributed by atoms with Gasteiger partial charge in [-0.2, -0.15) is 5.10 Å². The number of carbonyl (C=O) groups excluding carboxylic acids is 1. The number of rotatable bonds is 6. The van der Waals surface area contributed by atoms with Crippen LogP contribution in [0.3, 0.4) is 0 Å². The first kappa shape index (κ1) is 18.6. The summed E-state index contributed by atoms with van der Waals surface area (Å²) in [6.45, 7) is 4.79. The minimum atomic E-state index is -0.358. The van der Waals surface area contributed by atoms with Gasteiger partial charge in [-0.3, -0.25) is 9.89 Å². The Hall–Kier alpha value is -3.75. The van der Waals surface area contributed by atoms with Gasteiger partial charge in [0.25, 0.3) is 0 Å². The van der Waals surface area contributed by atoms with Crippen molar-refractivity contribution in [2.75, 3.05) is 24.3 Å². The molecule has 0 saturated carbocycles. The molecule has 29 heavy (non-hydrogen) atoms. The highest BCUT2D eigenvalue weighted by Crippen LogP contribution is 2.38. The lowest BCUT2D eigenvalue weighted by atomic mass is 10.0. The van der Waals surface area contributed by atoms with Crippen LogP contribution in [0.25, 0.3) is 0 Å². The van der Waals surface area contributed by atoms with Gasteiger partial charge in [0.2, 0.25) is 5.78 Å². The second-order valence-electron chi connectivity index (χ2n) is 6.75. The van der Waals surface area contributed by atoms with Gasteiger partial charge in [-0.05, 0) is 32.0 Å². The van der Waals surface area contributed by atoms with Gasteiger partial charge in [-0.1, -0.05) is 0 Å². The fourth-order valence-electron chi connectivity index (χ4n) is 3.00. The van der Waals surface area contributed by atoms with Crippen molar-refractivity contribution in [2.24, 2.45) is 0 Å². The molecular weight excluding hydrogens is 374 g/mol. The summed E-state index contributed by atoms with van der Waals surface area (Å²) in [4.78, 5) is 17.0. The number of benzene rings is 2. The smallest absolute Gasteiger partial charge is 0.232 e. The van der Waals surface area contributed by atoms with Crippen LogP contribution >= 0.6 is 0 Å². The Balaban J connectivity index is 1.78.